The summed E-state index contributed by atoms with van der Waals surface area (Å²) in [5.41, 5.74) is 0.143. The van der Waals surface area contributed by atoms with E-state index in [-0.39, 0.29) is 11.3 Å². The largest absolute Gasteiger partial charge is 0.305 e. The first kappa shape index (κ1) is 13.6. The molecular weight excluding hydrogens is 252 g/mol. The zero-order valence-corrected chi connectivity index (χ0v) is 10.7. The number of hydrogen-bond donors (Lipinski definition) is 0. The molecule has 0 saturated heterocycles. The molecule has 3 nitrogen and oxygen atoms in total. The van der Waals surface area contributed by atoms with E-state index in [0.29, 0.717) is 6.54 Å². The number of carbonyl (C=O) groups excluding carboxylic acids is 2. The summed E-state index contributed by atoms with van der Waals surface area (Å²) in [6, 6.07) is 1.73. The zero-order valence-electron chi connectivity index (χ0n) is 10.7. The molecule has 0 bridgehead atoms. The van der Waals surface area contributed by atoms with Gasteiger partial charge in [0.15, 0.2) is 11.6 Å². The van der Waals surface area contributed by atoms with Crippen molar-refractivity contribution >= 4 is 17.4 Å². The van der Waals surface area contributed by atoms with Crippen molar-refractivity contribution in [3.63, 3.8) is 0 Å². The van der Waals surface area contributed by atoms with Gasteiger partial charge in [-0.1, -0.05) is 26.2 Å². The van der Waals surface area contributed by atoms with Gasteiger partial charge >= 0.3 is 0 Å². The molecule has 1 aromatic carbocycles. The molecule has 0 N–H and O–H groups in total. The number of rotatable bonds is 5. The summed E-state index contributed by atoms with van der Waals surface area (Å²) in [4.78, 5) is 24.7. The van der Waals surface area contributed by atoms with Crippen LogP contribution in [0, 0.1) is 11.6 Å². The summed E-state index contributed by atoms with van der Waals surface area (Å²) in [6.45, 7) is 2.43. The maximum absolute atomic E-state index is 13.2. The van der Waals surface area contributed by atoms with Gasteiger partial charge in [0.05, 0.1) is 11.3 Å². The molecule has 0 atom stereocenters. The molecule has 0 radical (unpaired) electrons. The van der Waals surface area contributed by atoms with E-state index in [1.165, 1.54) is 4.90 Å². The smallest absolute Gasteiger partial charge is 0.299 e. The molecule has 0 aliphatic carbocycles. The maximum atomic E-state index is 13.2. The number of halogens is 2. The van der Waals surface area contributed by atoms with E-state index in [2.05, 4.69) is 6.92 Å². The number of carbonyl (C=O) groups is 2. The molecule has 2 rings (SSSR count). The minimum atomic E-state index is -1.10. The molecule has 1 aromatic rings. The highest BCUT2D eigenvalue weighted by Crippen LogP contribution is 2.31. The second kappa shape index (κ2) is 5.47. The maximum Gasteiger partial charge on any atom is 0.299 e. The third-order valence-electron chi connectivity index (χ3n) is 3.25. The zero-order chi connectivity index (χ0) is 14.0. The minimum Gasteiger partial charge on any atom is -0.305 e. The van der Waals surface area contributed by atoms with E-state index in [1.807, 2.05) is 0 Å². The van der Waals surface area contributed by atoms with Crippen LogP contribution in [0.4, 0.5) is 14.5 Å². The summed E-state index contributed by atoms with van der Waals surface area (Å²) >= 11 is 0. The number of unbranched alkanes of at least 4 members (excludes halogenated alkanes) is 3. The Hall–Kier alpha value is -1.78. The third-order valence-corrected chi connectivity index (χ3v) is 3.25. The van der Waals surface area contributed by atoms with Crippen molar-refractivity contribution in [2.45, 2.75) is 32.6 Å². The molecule has 1 aliphatic rings. The number of anilines is 1. The highest BCUT2D eigenvalue weighted by atomic mass is 19.2. The number of nitrogens with zero attached hydrogens (tertiary/aromatic N) is 1. The topological polar surface area (TPSA) is 37.4 Å². The predicted molar refractivity (Wildman–Crippen MR) is 67.2 cm³/mol. The summed E-state index contributed by atoms with van der Waals surface area (Å²) in [6.07, 6.45) is 3.78. The molecule has 1 heterocycles. The third kappa shape index (κ3) is 2.50. The van der Waals surface area contributed by atoms with Crippen LogP contribution in [0.3, 0.4) is 0 Å². The Morgan fingerprint density at radius 1 is 1.05 bits per heavy atom. The highest BCUT2D eigenvalue weighted by molar-refractivity contribution is 6.52. The van der Waals surface area contributed by atoms with Crippen molar-refractivity contribution in [3.8, 4) is 0 Å². The number of ketones is 1. The van der Waals surface area contributed by atoms with Crippen molar-refractivity contribution in [3.05, 3.63) is 29.3 Å². The lowest BCUT2D eigenvalue weighted by Gasteiger charge is -2.16. The Bertz CT molecular complexity index is 528. The first-order valence-electron chi connectivity index (χ1n) is 6.41. The fourth-order valence-corrected chi connectivity index (χ4v) is 2.21. The van der Waals surface area contributed by atoms with E-state index in [0.717, 1.165) is 37.8 Å². The summed E-state index contributed by atoms with van der Waals surface area (Å²) < 4.78 is 26.3. The predicted octanol–water partition coefficient (Wildman–Crippen LogP) is 3.07. The van der Waals surface area contributed by atoms with Crippen LogP contribution < -0.4 is 4.90 Å². The standard InChI is InChI=1S/C14H15F2NO2/c1-2-3-4-5-6-17-12-8-11(16)10(15)7-9(12)13(18)14(17)19/h7-8H,2-6H2,1H3. The summed E-state index contributed by atoms with van der Waals surface area (Å²) in [7, 11) is 0. The Kier molecular flexibility index (Phi) is 3.93. The van der Waals surface area contributed by atoms with E-state index in [1.54, 1.807) is 0 Å². The lowest BCUT2D eigenvalue weighted by Crippen LogP contribution is -2.30. The van der Waals surface area contributed by atoms with Crippen LogP contribution in [0.15, 0.2) is 12.1 Å². The van der Waals surface area contributed by atoms with Gasteiger partial charge in [-0.2, -0.15) is 0 Å². The van der Waals surface area contributed by atoms with Gasteiger partial charge in [0, 0.05) is 12.6 Å². The van der Waals surface area contributed by atoms with Crippen LogP contribution in [0.25, 0.3) is 0 Å². The number of Topliss-reactive ketones (excluding diaryl/α,β-unsaturated/α-hetero) is 1. The monoisotopic (exact) mass is 267 g/mol. The van der Waals surface area contributed by atoms with Crippen molar-refractivity contribution in [1.82, 2.24) is 0 Å². The van der Waals surface area contributed by atoms with Gasteiger partial charge in [-0.3, -0.25) is 9.59 Å². The molecule has 19 heavy (non-hydrogen) atoms. The summed E-state index contributed by atoms with van der Waals surface area (Å²) in [5, 5.41) is 0. The van der Waals surface area contributed by atoms with Crippen LogP contribution >= 0.6 is 0 Å². The van der Waals surface area contributed by atoms with Gasteiger partial charge < -0.3 is 4.90 Å². The van der Waals surface area contributed by atoms with Gasteiger partial charge in [0.25, 0.3) is 11.7 Å². The van der Waals surface area contributed by atoms with E-state index < -0.39 is 23.3 Å². The molecule has 5 heteroatoms. The molecule has 0 spiro atoms. The van der Waals surface area contributed by atoms with Gasteiger partial charge in [0.1, 0.15) is 0 Å². The van der Waals surface area contributed by atoms with Crippen LogP contribution in [0.1, 0.15) is 43.0 Å². The van der Waals surface area contributed by atoms with Crippen LogP contribution in [0.2, 0.25) is 0 Å². The molecule has 0 saturated carbocycles. The Balaban J connectivity index is 2.21. The lowest BCUT2D eigenvalue weighted by molar-refractivity contribution is -0.114. The van der Waals surface area contributed by atoms with Gasteiger partial charge in [-0.25, -0.2) is 8.78 Å². The van der Waals surface area contributed by atoms with E-state index >= 15 is 0 Å². The fraction of sp³-hybridized carbons (Fsp3) is 0.429. The number of hydrogen-bond acceptors (Lipinski definition) is 2. The second-order valence-electron chi connectivity index (χ2n) is 4.63. The minimum absolute atomic E-state index is 0.0422. The first-order valence-corrected chi connectivity index (χ1v) is 6.41. The lowest BCUT2D eigenvalue weighted by atomic mass is 10.1. The molecule has 1 amide bonds. The second-order valence-corrected chi connectivity index (χ2v) is 4.63. The molecular formula is C14H15F2NO2. The molecule has 0 fully saturated rings. The van der Waals surface area contributed by atoms with Crippen LogP contribution in [-0.2, 0) is 4.79 Å². The number of amides is 1. The molecule has 0 aromatic heterocycles. The summed E-state index contributed by atoms with van der Waals surface area (Å²) in [5.74, 6) is -3.60. The van der Waals surface area contributed by atoms with Crippen LogP contribution in [0.5, 0.6) is 0 Å². The number of fused-ring (bicyclic) bond motifs is 1. The normalized spacial score (nSPS) is 14.2. The van der Waals surface area contributed by atoms with E-state index in [4.69, 9.17) is 0 Å². The Morgan fingerprint density at radius 2 is 1.74 bits per heavy atom. The van der Waals surface area contributed by atoms with Crippen molar-refractivity contribution in [2.75, 3.05) is 11.4 Å². The van der Waals surface area contributed by atoms with Crippen molar-refractivity contribution < 1.29 is 18.4 Å². The highest BCUT2D eigenvalue weighted by Gasteiger charge is 2.36. The Morgan fingerprint density at radius 3 is 2.42 bits per heavy atom. The average molecular weight is 267 g/mol. The number of benzene rings is 1. The SMILES string of the molecule is CCCCCCN1C(=O)C(=O)c2cc(F)c(F)cc21. The van der Waals surface area contributed by atoms with Crippen molar-refractivity contribution in [2.24, 2.45) is 0 Å². The molecule has 0 unspecified atom stereocenters. The first-order chi connectivity index (χ1) is 9.06. The van der Waals surface area contributed by atoms with Gasteiger partial charge in [0.2, 0.25) is 0 Å². The van der Waals surface area contributed by atoms with Gasteiger partial charge in [-0.15, -0.1) is 0 Å². The molecule has 102 valence electrons. The average Bonchev–Trinajstić information content (AvgIpc) is 2.60. The molecule has 1 aliphatic heterocycles. The van der Waals surface area contributed by atoms with E-state index in [9.17, 15) is 18.4 Å². The van der Waals surface area contributed by atoms with Crippen LogP contribution in [-0.4, -0.2) is 18.2 Å². The fourth-order valence-electron chi connectivity index (χ4n) is 2.21. The Labute approximate surface area is 110 Å². The van der Waals surface area contributed by atoms with Gasteiger partial charge in [-0.05, 0) is 12.5 Å². The quantitative estimate of drug-likeness (QED) is 0.607. The van der Waals surface area contributed by atoms with Crippen molar-refractivity contribution in [1.29, 1.82) is 0 Å².